The molecule has 0 aromatic rings. The normalized spacial score (nSPS) is 38.2. The average Bonchev–Trinajstić information content (AvgIpc) is 2.94. The van der Waals surface area contributed by atoms with Gasteiger partial charge in [0.2, 0.25) is 0 Å². The third-order valence-corrected chi connectivity index (χ3v) is 4.35. The van der Waals surface area contributed by atoms with E-state index in [0.29, 0.717) is 0 Å². The van der Waals surface area contributed by atoms with Crippen LogP contribution in [0.1, 0.15) is 79.1 Å². The highest BCUT2D eigenvalue weighted by molar-refractivity contribution is 4.98. The van der Waals surface area contributed by atoms with Gasteiger partial charge in [0.1, 0.15) is 0 Å². The summed E-state index contributed by atoms with van der Waals surface area (Å²) in [6.45, 7) is 8.50. The van der Waals surface area contributed by atoms with E-state index in [0.717, 1.165) is 0 Å². The Morgan fingerprint density at radius 2 is 1.06 bits per heavy atom. The fraction of sp³-hybridized carbons (Fsp3) is 1.00. The van der Waals surface area contributed by atoms with E-state index in [1.165, 1.54) is 36.5 Å². The number of fused-ring (bicyclic) bond motifs is 5. The van der Waals surface area contributed by atoms with E-state index < -0.39 is 0 Å². The Kier molecular flexibility index (Phi) is 6.46. The summed E-state index contributed by atoms with van der Waals surface area (Å²) in [6.07, 6.45) is 12.0. The highest BCUT2D eigenvalue weighted by Crippen LogP contribution is 2.58. The Morgan fingerprint density at radius 3 is 1.44 bits per heavy atom. The quantitative estimate of drug-likeness (QED) is 0.497. The van der Waals surface area contributed by atoms with Crippen molar-refractivity contribution in [2.75, 3.05) is 0 Å². The van der Waals surface area contributed by atoms with Crippen molar-refractivity contribution in [3.05, 3.63) is 0 Å². The Bertz CT molecular complexity index is 155. The Labute approximate surface area is 103 Å². The van der Waals surface area contributed by atoms with Crippen molar-refractivity contribution in [3.8, 4) is 0 Å². The zero-order valence-corrected chi connectivity index (χ0v) is 12.0. The largest absolute Gasteiger partial charge is 0.0656 e. The lowest BCUT2D eigenvalue weighted by Crippen LogP contribution is -2.15. The number of rotatable bonds is 0. The summed E-state index contributed by atoms with van der Waals surface area (Å²) in [5.74, 6) is 4.80. The van der Waals surface area contributed by atoms with Crippen LogP contribution in [-0.2, 0) is 0 Å². The molecule has 0 aromatic heterocycles. The van der Waals surface area contributed by atoms with E-state index in [1.54, 1.807) is 38.5 Å². The molecule has 0 saturated heterocycles. The summed E-state index contributed by atoms with van der Waals surface area (Å²) < 4.78 is 0. The first-order valence-electron chi connectivity index (χ1n) is 7.78. The molecular weight excluding hydrogens is 192 g/mol. The first-order valence-corrected chi connectivity index (χ1v) is 7.78. The fourth-order valence-corrected chi connectivity index (χ4v) is 4.02. The van der Waals surface area contributed by atoms with Crippen LogP contribution in [0.25, 0.3) is 0 Å². The van der Waals surface area contributed by atoms with E-state index in [4.69, 9.17) is 0 Å². The maximum atomic E-state index is 2.12. The predicted octanol–water partition coefficient (Wildman–Crippen LogP) is 5.67. The average molecular weight is 224 g/mol. The second kappa shape index (κ2) is 7.35. The molecule has 0 heterocycles. The molecule has 0 nitrogen and oxygen atoms in total. The van der Waals surface area contributed by atoms with Gasteiger partial charge in [-0.25, -0.2) is 0 Å². The summed E-state index contributed by atoms with van der Waals surface area (Å²) >= 11 is 0. The smallest absolute Gasteiger partial charge is 0.0355 e. The standard InChI is InChI=1S/C10H16.2C3H8/c1-2-9-7-4-5-8(6-7)10(9)3-1;2*1-3-2/h7-10H,1-6H2;2*3H2,1-2H3. The van der Waals surface area contributed by atoms with Gasteiger partial charge >= 0.3 is 0 Å². The van der Waals surface area contributed by atoms with Crippen molar-refractivity contribution in [2.45, 2.75) is 79.1 Å². The summed E-state index contributed by atoms with van der Waals surface area (Å²) in [5.41, 5.74) is 0. The van der Waals surface area contributed by atoms with Crippen LogP contribution >= 0.6 is 0 Å². The molecule has 4 atom stereocenters. The van der Waals surface area contributed by atoms with E-state index in [2.05, 4.69) is 27.7 Å². The summed E-state index contributed by atoms with van der Waals surface area (Å²) in [4.78, 5) is 0. The molecule has 0 spiro atoms. The number of hydrogen-bond acceptors (Lipinski definition) is 0. The van der Waals surface area contributed by atoms with Crippen molar-refractivity contribution in [2.24, 2.45) is 23.7 Å². The molecule has 96 valence electrons. The molecule has 0 aliphatic heterocycles. The van der Waals surface area contributed by atoms with Gasteiger partial charge in [0.05, 0.1) is 0 Å². The molecular formula is C16H32. The molecule has 16 heavy (non-hydrogen) atoms. The van der Waals surface area contributed by atoms with Gasteiger partial charge in [-0.05, 0) is 55.8 Å². The van der Waals surface area contributed by atoms with E-state index in [1.807, 2.05) is 0 Å². The fourth-order valence-electron chi connectivity index (χ4n) is 4.02. The van der Waals surface area contributed by atoms with Gasteiger partial charge in [-0.15, -0.1) is 0 Å². The molecule has 0 amide bonds. The first-order chi connectivity index (χ1) is 7.78. The van der Waals surface area contributed by atoms with Crippen LogP contribution in [0, 0.1) is 23.7 Å². The van der Waals surface area contributed by atoms with E-state index in [-0.39, 0.29) is 0 Å². The van der Waals surface area contributed by atoms with Crippen molar-refractivity contribution < 1.29 is 0 Å². The van der Waals surface area contributed by atoms with Crippen LogP contribution in [0.3, 0.4) is 0 Å². The molecule has 3 fully saturated rings. The molecule has 0 N–H and O–H groups in total. The van der Waals surface area contributed by atoms with Crippen molar-refractivity contribution in [3.63, 3.8) is 0 Å². The lowest BCUT2D eigenvalue weighted by molar-refractivity contribution is 0.259. The van der Waals surface area contributed by atoms with Crippen molar-refractivity contribution in [1.29, 1.82) is 0 Å². The zero-order valence-electron chi connectivity index (χ0n) is 12.0. The Hall–Kier alpha value is 0. The second-order valence-corrected chi connectivity index (χ2v) is 6.01. The minimum Gasteiger partial charge on any atom is -0.0656 e. The highest BCUT2D eigenvalue weighted by atomic mass is 14.5. The van der Waals surface area contributed by atoms with Crippen LogP contribution in [0.15, 0.2) is 0 Å². The molecule has 4 unspecified atom stereocenters. The topological polar surface area (TPSA) is 0 Å². The molecule has 3 aliphatic carbocycles. The molecule has 2 bridgehead atoms. The monoisotopic (exact) mass is 224 g/mol. The third-order valence-electron chi connectivity index (χ3n) is 4.35. The lowest BCUT2D eigenvalue weighted by Gasteiger charge is -2.23. The van der Waals surface area contributed by atoms with Gasteiger partial charge < -0.3 is 0 Å². The van der Waals surface area contributed by atoms with Gasteiger partial charge in [-0.2, -0.15) is 0 Å². The Morgan fingerprint density at radius 1 is 0.688 bits per heavy atom. The maximum absolute atomic E-state index is 2.12. The van der Waals surface area contributed by atoms with E-state index >= 15 is 0 Å². The molecule has 3 aliphatic rings. The summed E-state index contributed by atoms with van der Waals surface area (Å²) in [5, 5.41) is 0. The summed E-state index contributed by atoms with van der Waals surface area (Å²) in [6, 6.07) is 0. The van der Waals surface area contributed by atoms with Gasteiger partial charge in [-0.1, -0.05) is 47.0 Å². The second-order valence-electron chi connectivity index (χ2n) is 6.01. The summed E-state index contributed by atoms with van der Waals surface area (Å²) in [7, 11) is 0. The lowest BCUT2D eigenvalue weighted by atomic mass is 9.82. The van der Waals surface area contributed by atoms with Crippen LogP contribution in [0.4, 0.5) is 0 Å². The van der Waals surface area contributed by atoms with Gasteiger partial charge in [0.15, 0.2) is 0 Å². The maximum Gasteiger partial charge on any atom is -0.0355 e. The SMILES string of the molecule is C1CC2C3CCC(C3)C2C1.CCC.CCC. The first kappa shape index (κ1) is 14.1. The van der Waals surface area contributed by atoms with Gasteiger partial charge in [-0.3, -0.25) is 0 Å². The zero-order chi connectivity index (χ0) is 12.0. The Balaban J connectivity index is 0.000000185. The molecule has 0 radical (unpaired) electrons. The molecule has 0 heteroatoms. The molecule has 0 aromatic carbocycles. The minimum atomic E-state index is 1.19. The predicted molar refractivity (Wildman–Crippen MR) is 73.6 cm³/mol. The van der Waals surface area contributed by atoms with Gasteiger partial charge in [0.25, 0.3) is 0 Å². The van der Waals surface area contributed by atoms with E-state index in [9.17, 15) is 0 Å². The van der Waals surface area contributed by atoms with Crippen molar-refractivity contribution >= 4 is 0 Å². The number of hydrogen-bond donors (Lipinski definition) is 0. The molecule has 3 rings (SSSR count). The molecule has 3 saturated carbocycles. The van der Waals surface area contributed by atoms with Crippen molar-refractivity contribution in [1.82, 2.24) is 0 Å². The van der Waals surface area contributed by atoms with Crippen LogP contribution in [0.5, 0.6) is 0 Å². The highest BCUT2D eigenvalue weighted by Gasteiger charge is 2.48. The van der Waals surface area contributed by atoms with Gasteiger partial charge in [0, 0.05) is 0 Å². The minimum absolute atomic E-state index is 1.19. The van der Waals surface area contributed by atoms with Crippen LogP contribution in [0.2, 0.25) is 0 Å². The van der Waals surface area contributed by atoms with Crippen LogP contribution < -0.4 is 0 Å². The van der Waals surface area contributed by atoms with Crippen LogP contribution in [-0.4, -0.2) is 0 Å². The third kappa shape index (κ3) is 3.25.